The fraction of sp³-hybridized carbons (Fsp3) is 0.818. The van der Waals surface area contributed by atoms with E-state index in [-0.39, 0.29) is 24.7 Å². The maximum Gasteiger partial charge on any atom is 0.325 e. The zero-order valence-corrected chi connectivity index (χ0v) is 10.2. The second-order valence-electron chi connectivity index (χ2n) is 4.38. The van der Waals surface area contributed by atoms with Crippen molar-refractivity contribution in [2.24, 2.45) is 0 Å². The molecule has 92 valence electrons. The second kappa shape index (κ2) is 5.72. The molecule has 0 aromatic rings. The molecule has 0 saturated heterocycles. The van der Waals surface area contributed by atoms with Crippen LogP contribution in [0.3, 0.4) is 0 Å². The van der Waals surface area contributed by atoms with Crippen molar-refractivity contribution in [3.05, 3.63) is 0 Å². The zero-order valence-electron chi connectivity index (χ0n) is 10.2. The average molecular weight is 228 g/mol. The van der Waals surface area contributed by atoms with E-state index in [2.05, 4.69) is 10.1 Å². The minimum absolute atomic E-state index is 0.00667. The van der Waals surface area contributed by atoms with Gasteiger partial charge in [0.25, 0.3) is 0 Å². The van der Waals surface area contributed by atoms with Crippen LogP contribution >= 0.6 is 0 Å². The van der Waals surface area contributed by atoms with Gasteiger partial charge < -0.3 is 15.0 Å². The summed E-state index contributed by atoms with van der Waals surface area (Å²) in [7, 11) is 1.32. The molecule has 0 unspecified atom stereocenters. The highest BCUT2D eigenvalue weighted by molar-refractivity contribution is 5.81. The summed E-state index contributed by atoms with van der Waals surface area (Å²) < 4.78 is 4.57. The number of carbonyl (C=O) groups excluding carboxylic acids is 2. The third kappa shape index (κ3) is 3.40. The van der Waals surface area contributed by atoms with Gasteiger partial charge in [0.1, 0.15) is 6.54 Å². The Morgan fingerprint density at radius 1 is 1.44 bits per heavy atom. The van der Waals surface area contributed by atoms with Crippen LogP contribution in [0.5, 0.6) is 0 Å². The van der Waals surface area contributed by atoms with Gasteiger partial charge in [-0.3, -0.25) is 4.79 Å². The fourth-order valence-electron chi connectivity index (χ4n) is 1.50. The highest BCUT2D eigenvalue weighted by Crippen LogP contribution is 2.18. The summed E-state index contributed by atoms with van der Waals surface area (Å²) >= 11 is 0. The molecular formula is C11H20N2O3. The number of carbonyl (C=O) groups is 2. The number of methoxy groups -OCH3 is 1. The summed E-state index contributed by atoms with van der Waals surface area (Å²) in [5, 5.41) is 2.91. The Labute approximate surface area is 96.1 Å². The zero-order chi connectivity index (χ0) is 12.1. The van der Waals surface area contributed by atoms with Gasteiger partial charge in [-0.15, -0.1) is 0 Å². The van der Waals surface area contributed by atoms with Crippen molar-refractivity contribution in [1.82, 2.24) is 10.2 Å². The van der Waals surface area contributed by atoms with Crippen molar-refractivity contribution in [3.8, 4) is 0 Å². The van der Waals surface area contributed by atoms with Gasteiger partial charge in [0, 0.05) is 12.1 Å². The number of hydrogen-bond donors (Lipinski definition) is 1. The first-order chi connectivity index (χ1) is 7.54. The smallest absolute Gasteiger partial charge is 0.325 e. The summed E-state index contributed by atoms with van der Waals surface area (Å²) in [5.41, 5.74) is 0. The Morgan fingerprint density at radius 2 is 2.06 bits per heavy atom. The van der Waals surface area contributed by atoms with E-state index in [4.69, 9.17) is 0 Å². The first kappa shape index (κ1) is 12.8. The molecule has 0 aromatic heterocycles. The lowest BCUT2D eigenvalue weighted by molar-refractivity contribution is -0.141. The molecule has 1 aliphatic rings. The first-order valence-corrected chi connectivity index (χ1v) is 5.68. The topological polar surface area (TPSA) is 58.6 Å². The van der Waals surface area contributed by atoms with Crippen molar-refractivity contribution >= 4 is 12.0 Å². The van der Waals surface area contributed by atoms with Gasteiger partial charge in [0.15, 0.2) is 0 Å². The second-order valence-corrected chi connectivity index (χ2v) is 4.38. The molecule has 0 radical (unpaired) electrons. The minimum Gasteiger partial charge on any atom is -0.468 e. The maximum atomic E-state index is 11.8. The predicted octanol–water partition coefficient (Wildman–Crippen LogP) is 1.13. The van der Waals surface area contributed by atoms with E-state index in [1.54, 1.807) is 0 Å². The average Bonchev–Trinajstić information content (AvgIpc) is 2.18. The van der Waals surface area contributed by atoms with Gasteiger partial charge in [-0.25, -0.2) is 4.79 Å². The lowest BCUT2D eigenvalue weighted by Crippen LogP contribution is -2.51. The van der Waals surface area contributed by atoms with Gasteiger partial charge in [0.2, 0.25) is 0 Å². The van der Waals surface area contributed by atoms with Crippen LogP contribution < -0.4 is 5.32 Å². The molecular weight excluding hydrogens is 208 g/mol. The van der Waals surface area contributed by atoms with E-state index in [9.17, 15) is 9.59 Å². The van der Waals surface area contributed by atoms with Crippen LogP contribution in [0.4, 0.5) is 4.79 Å². The fourth-order valence-corrected chi connectivity index (χ4v) is 1.50. The van der Waals surface area contributed by atoms with Crippen LogP contribution in [0, 0.1) is 0 Å². The van der Waals surface area contributed by atoms with Crippen LogP contribution in [0.1, 0.15) is 33.1 Å². The van der Waals surface area contributed by atoms with Gasteiger partial charge >= 0.3 is 12.0 Å². The molecule has 1 saturated carbocycles. The predicted molar refractivity (Wildman–Crippen MR) is 60.0 cm³/mol. The van der Waals surface area contributed by atoms with Gasteiger partial charge in [-0.2, -0.15) is 0 Å². The minimum atomic E-state index is -0.391. The molecule has 0 heterocycles. The normalized spacial score (nSPS) is 15.5. The molecule has 0 bridgehead atoms. The van der Waals surface area contributed by atoms with Crippen LogP contribution in [-0.2, 0) is 9.53 Å². The quantitative estimate of drug-likeness (QED) is 0.734. The number of hydrogen-bond acceptors (Lipinski definition) is 3. The van der Waals surface area contributed by atoms with Crippen molar-refractivity contribution in [1.29, 1.82) is 0 Å². The van der Waals surface area contributed by atoms with E-state index < -0.39 is 5.97 Å². The Balaban J connectivity index is 2.47. The molecule has 0 atom stereocenters. The van der Waals surface area contributed by atoms with E-state index in [1.165, 1.54) is 18.4 Å². The lowest BCUT2D eigenvalue weighted by atomic mass is 9.93. The standard InChI is InChI=1S/C11H20N2O3/c1-8(2)13(7-10(14)16-3)11(15)12-9-5-4-6-9/h8-9H,4-7H2,1-3H3,(H,12,15). The molecule has 5 nitrogen and oxygen atoms in total. The largest absolute Gasteiger partial charge is 0.468 e. The number of rotatable bonds is 4. The van der Waals surface area contributed by atoms with Crippen molar-refractivity contribution in [3.63, 3.8) is 0 Å². The number of urea groups is 1. The summed E-state index contributed by atoms with van der Waals surface area (Å²) in [6.45, 7) is 3.76. The molecule has 1 aliphatic carbocycles. The first-order valence-electron chi connectivity index (χ1n) is 5.68. The molecule has 1 fully saturated rings. The summed E-state index contributed by atoms with van der Waals surface area (Å²) in [6.07, 6.45) is 3.25. The number of nitrogens with one attached hydrogen (secondary N) is 1. The third-order valence-electron chi connectivity index (χ3n) is 2.84. The number of esters is 1. The number of nitrogens with zero attached hydrogens (tertiary/aromatic N) is 1. The molecule has 0 spiro atoms. The molecule has 2 amide bonds. The molecule has 0 aromatic carbocycles. The van der Waals surface area contributed by atoms with Gasteiger partial charge in [-0.05, 0) is 33.1 Å². The Morgan fingerprint density at radius 3 is 2.44 bits per heavy atom. The van der Waals surface area contributed by atoms with E-state index in [0.717, 1.165) is 12.8 Å². The molecule has 16 heavy (non-hydrogen) atoms. The van der Waals surface area contributed by atoms with Crippen LogP contribution in [0.2, 0.25) is 0 Å². The molecule has 0 aliphatic heterocycles. The summed E-state index contributed by atoms with van der Waals surface area (Å²) in [6, 6.07) is 0.0932. The van der Waals surface area contributed by atoms with Crippen molar-refractivity contribution in [2.75, 3.05) is 13.7 Å². The summed E-state index contributed by atoms with van der Waals surface area (Å²) in [4.78, 5) is 24.5. The number of amides is 2. The highest BCUT2D eigenvalue weighted by Gasteiger charge is 2.25. The Hall–Kier alpha value is -1.26. The van der Waals surface area contributed by atoms with Crippen molar-refractivity contribution < 1.29 is 14.3 Å². The lowest BCUT2D eigenvalue weighted by Gasteiger charge is -2.32. The monoisotopic (exact) mass is 228 g/mol. The van der Waals surface area contributed by atoms with E-state index in [0.29, 0.717) is 0 Å². The highest BCUT2D eigenvalue weighted by atomic mass is 16.5. The van der Waals surface area contributed by atoms with Crippen LogP contribution in [-0.4, -0.2) is 42.6 Å². The Kier molecular flexibility index (Phi) is 4.58. The maximum absolute atomic E-state index is 11.8. The van der Waals surface area contributed by atoms with Crippen molar-refractivity contribution in [2.45, 2.75) is 45.2 Å². The SMILES string of the molecule is COC(=O)CN(C(=O)NC1CCC1)C(C)C. The summed E-state index contributed by atoms with van der Waals surface area (Å²) in [5.74, 6) is -0.391. The van der Waals surface area contributed by atoms with Crippen LogP contribution in [0.25, 0.3) is 0 Å². The van der Waals surface area contributed by atoms with Crippen LogP contribution in [0.15, 0.2) is 0 Å². The molecule has 1 N–H and O–H groups in total. The number of ether oxygens (including phenoxy) is 1. The van der Waals surface area contributed by atoms with E-state index in [1.807, 2.05) is 13.8 Å². The van der Waals surface area contributed by atoms with Gasteiger partial charge in [0.05, 0.1) is 7.11 Å². The Bertz CT molecular complexity index is 262. The van der Waals surface area contributed by atoms with Gasteiger partial charge in [-0.1, -0.05) is 0 Å². The van der Waals surface area contributed by atoms with E-state index >= 15 is 0 Å². The third-order valence-corrected chi connectivity index (χ3v) is 2.84. The molecule has 1 rings (SSSR count). The molecule has 5 heteroatoms.